The van der Waals surface area contributed by atoms with E-state index in [1.807, 2.05) is 53.1 Å². The van der Waals surface area contributed by atoms with Crippen LogP contribution in [0.2, 0.25) is 0 Å². The molecule has 0 unspecified atom stereocenters. The summed E-state index contributed by atoms with van der Waals surface area (Å²) in [5, 5.41) is 4.57. The highest BCUT2D eigenvalue weighted by Crippen LogP contribution is 2.29. The van der Waals surface area contributed by atoms with Gasteiger partial charge in [-0.25, -0.2) is 0 Å². The van der Waals surface area contributed by atoms with Crippen molar-refractivity contribution in [2.24, 2.45) is 11.8 Å². The van der Waals surface area contributed by atoms with Crippen molar-refractivity contribution in [1.82, 2.24) is 9.88 Å². The molecule has 0 spiro atoms. The van der Waals surface area contributed by atoms with E-state index < -0.39 is 0 Å². The predicted molar refractivity (Wildman–Crippen MR) is 110 cm³/mol. The van der Waals surface area contributed by atoms with Crippen LogP contribution in [0, 0.1) is 11.8 Å². The molecule has 3 aromatic rings. The number of nitrogens with zero attached hydrogens (tertiary/aromatic N) is 1. The van der Waals surface area contributed by atoms with Crippen molar-refractivity contribution in [2.75, 3.05) is 0 Å². The molecule has 140 valence electrons. The summed E-state index contributed by atoms with van der Waals surface area (Å²) >= 11 is 0. The van der Waals surface area contributed by atoms with E-state index in [1.54, 1.807) is 0 Å². The summed E-state index contributed by atoms with van der Waals surface area (Å²) < 4.78 is 1.97. The third-order valence-corrected chi connectivity index (χ3v) is 6.23. The molecule has 4 rings (SSSR count). The maximum Gasteiger partial charge on any atom is 0.240 e. The molecule has 0 saturated heterocycles. The number of fused-ring (bicyclic) bond motifs is 2. The van der Waals surface area contributed by atoms with Crippen molar-refractivity contribution >= 4 is 27.7 Å². The summed E-state index contributed by atoms with van der Waals surface area (Å²) in [6.07, 6.45) is 3.45. The highest BCUT2D eigenvalue weighted by molar-refractivity contribution is 5.94. The Morgan fingerprint density at radius 3 is 2.22 bits per heavy atom. The van der Waals surface area contributed by atoms with E-state index >= 15 is 0 Å². The third kappa shape index (κ3) is 3.25. The zero-order chi connectivity index (χ0) is 19.0. The van der Waals surface area contributed by atoms with Gasteiger partial charge in [-0.15, -0.1) is 0 Å². The molecule has 0 bridgehead atoms. The lowest BCUT2D eigenvalue weighted by molar-refractivity contribution is -0.123. The van der Waals surface area contributed by atoms with Crippen LogP contribution < -0.4 is 10.7 Å². The first kappa shape index (κ1) is 17.8. The molecule has 0 aliphatic heterocycles. The molecule has 4 heteroatoms. The Kier molecular flexibility index (Phi) is 4.73. The van der Waals surface area contributed by atoms with Crippen molar-refractivity contribution in [2.45, 2.75) is 45.7 Å². The second kappa shape index (κ2) is 7.18. The number of hydrogen-bond donors (Lipinski definition) is 1. The first-order valence-electron chi connectivity index (χ1n) is 9.86. The molecule has 1 amide bonds. The molecule has 1 aliphatic carbocycles. The molecule has 1 N–H and O–H groups in total. The largest absolute Gasteiger partial charge is 0.352 e. The van der Waals surface area contributed by atoms with E-state index in [0.29, 0.717) is 22.6 Å². The number of amides is 1. The zero-order valence-electron chi connectivity index (χ0n) is 15.9. The fourth-order valence-electron chi connectivity index (χ4n) is 4.43. The minimum atomic E-state index is 0.0138. The number of aromatic nitrogens is 1. The van der Waals surface area contributed by atoms with Crippen LogP contribution in [0.5, 0.6) is 0 Å². The highest BCUT2D eigenvalue weighted by Gasteiger charge is 2.28. The van der Waals surface area contributed by atoms with Crippen molar-refractivity contribution in [3.8, 4) is 0 Å². The Morgan fingerprint density at radius 1 is 1.00 bits per heavy atom. The quantitative estimate of drug-likeness (QED) is 0.713. The molecule has 4 nitrogen and oxygen atoms in total. The summed E-state index contributed by atoms with van der Waals surface area (Å²) in [5.74, 6) is 1.14. The summed E-state index contributed by atoms with van der Waals surface area (Å²) in [6, 6.07) is 15.3. The Balaban J connectivity index is 1.71. The average Bonchev–Trinajstić information content (AvgIpc) is 2.69. The van der Waals surface area contributed by atoms with Gasteiger partial charge in [-0.1, -0.05) is 51.0 Å². The lowest BCUT2D eigenvalue weighted by atomic mass is 9.78. The van der Waals surface area contributed by atoms with E-state index in [4.69, 9.17) is 0 Å². The second-order valence-electron chi connectivity index (χ2n) is 7.89. The summed E-state index contributed by atoms with van der Waals surface area (Å²) in [7, 11) is 0. The molecule has 1 saturated carbocycles. The van der Waals surface area contributed by atoms with Gasteiger partial charge in [0.2, 0.25) is 5.91 Å². The number of rotatable bonds is 3. The molecule has 3 atom stereocenters. The molecule has 1 aliphatic rings. The fourth-order valence-corrected chi connectivity index (χ4v) is 4.43. The number of hydrogen-bond acceptors (Lipinski definition) is 2. The molecule has 27 heavy (non-hydrogen) atoms. The fraction of sp³-hybridized carbons (Fsp3) is 0.391. The first-order chi connectivity index (χ1) is 13.1. The van der Waals surface area contributed by atoms with Crippen LogP contribution in [0.25, 0.3) is 21.8 Å². The summed E-state index contributed by atoms with van der Waals surface area (Å²) in [6.45, 7) is 4.73. The van der Waals surface area contributed by atoms with E-state index in [1.165, 1.54) is 12.8 Å². The van der Waals surface area contributed by atoms with Crippen LogP contribution in [0.3, 0.4) is 0 Å². The van der Waals surface area contributed by atoms with Gasteiger partial charge in [0.15, 0.2) is 5.43 Å². The molecular formula is C23H26N2O2. The average molecular weight is 362 g/mol. The predicted octanol–water partition coefficient (Wildman–Crippen LogP) is 4.10. The zero-order valence-corrected chi connectivity index (χ0v) is 15.9. The number of benzene rings is 2. The van der Waals surface area contributed by atoms with Gasteiger partial charge < -0.3 is 9.88 Å². The Labute approximate surface area is 159 Å². The van der Waals surface area contributed by atoms with Crippen molar-refractivity contribution in [1.29, 1.82) is 0 Å². The van der Waals surface area contributed by atoms with Gasteiger partial charge in [-0.05, 0) is 42.5 Å². The lowest BCUT2D eigenvalue weighted by Gasteiger charge is -2.34. The minimum absolute atomic E-state index is 0.0138. The normalized spacial score (nSPS) is 22.8. The molecule has 1 aromatic heterocycles. The van der Waals surface area contributed by atoms with Gasteiger partial charge in [0, 0.05) is 16.8 Å². The number of carbonyl (C=O) groups excluding carboxylic acids is 1. The van der Waals surface area contributed by atoms with Crippen LogP contribution >= 0.6 is 0 Å². The second-order valence-corrected chi connectivity index (χ2v) is 7.89. The van der Waals surface area contributed by atoms with E-state index in [-0.39, 0.29) is 23.9 Å². The van der Waals surface area contributed by atoms with Gasteiger partial charge in [0.25, 0.3) is 0 Å². The van der Waals surface area contributed by atoms with Gasteiger partial charge in [-0.2, -0.15) is 0 Å². The van der Waals surface area contributed by atoms with Crippen molar-refractivity contribution < 1.29 is 4.79 Å². The van der Waals surface area contributed by atoms with Gasteiger partial charge in [-0.3, -0.25) is 9.59 Å². The van der Waals surface area contributed by atoms with Crippen molar-refractivity contribution in [3.63, 3.8) is 0 Å². The van der Waals surface area contributed by atoms with Gasteiger partial charge >= 0.3 is 0 Å². The van der Waals surface area contributed by atoms with Crippen LogP contribution in [-0.2, 0) is 11.3 Å². The smallest absolute Gasteiger partial charge is 0.240 e. The lowest BCUT2D eigenvalue weighted by Crippen LogP contribution is -2.44. The Morgan fingerprint density at radius 2 is 1.59 bits per heavy atom. The van der Waals surface area contributed by atoms with Crippen LogP contribution in [0.15, 0.2) is 53.3 Å². The molecule has 1 fully saturated rings. The van der Waals surface area contributed by atoms with E-state index in [0.717, 1.165) is 17.5 Å². The molecular weight excluding hydrogens is 336 g/mol. The van der Waals surface area contributed by atoms with Gasteiger partial charge in [0.1, 0.15) is 6.54 Å². The standard InChI is InChI=1S/C23H26N2O2/c1-15-8-7-11-19(16(15)2)24-22(26)14-25-20-12-5-3-9-17(20)23(27)18-10-4-6-13-21(18)25/h3-6,9-10,12-13,15-16,19H,7-8,11,14H2,1-2H3,(H,24,26)/t15-,16-,19-/m1/s1. The van der Waals surface area contributed by atoms with Crippen molar-refractivity contribution in [3.05, 3.63) is 58.8 Å². The molecule has 1 heterocycles. The summed E-state index contributed by atoms with van der Waals surface area (Å²) in [5.41, 5.74) is 1.63. The third-order valence-electron chi connectivity index (χ3n) is 6.23. The molecule has 2 aromatic carbocycles. The maximum absolute atomic E-state index is 12.9. The minimum Gasteiger partial charge on any atom is -0.352 e. The van der Waals surface area contributed by atoms with Crippen LogP contribution in [-0.4, -0.2) is 16.5 Å². The van der Waals surface area contributed by atoms with Gasteiger partial charge in [0.05, 0.1) is 11.0 Å². The van der Waals surface area contributed by atoms with E-state index in [2.05, 4.69) is 19.2 Å². The monoisotopic (exact) mass is 362 g/mol. The number of pyridine rings is 1. The van der Waals surface area contributed by atoms with Crippen LogP contribution in [0.4, 0.5) is 0 Å². The van der Waals surface area contributed by atoms with E-state index in [9.17, 15) is 9.59 Å². The number of carbonyl (C=O) groups is 1. The number of nitrogens with one attached hydrogen (secondary N) is 1. The highest BCUT2D eigenvalue weighted by atomic mass is 16.2. The summed E-state index contributed by atoms with van der Waals surface area (Å²) in [4.78, 5) is 25.7. The number of para-hydroxylation sites is 2. The topological polar surface area (TPSA) is 51.1 Å². The molecule has 0 radical (unpaired) electrons. The Bertz CT molecular complexity index is 993. The SMILES string of the molecule is C[C@@H]1[C@H](C)CCC[C@H]1NC(=O)Cn1c2ccccc2c(=O)c2ccccc21. The Hall–Kier alpha value is -2.62. The van der Waals surface area contributed by atoms with Crippen LogP contribution in [0.1, 0.15) is 33.1 Å². The first-order valence-corrected chi connectivity index (χ1v) is 9.86. The maximum atomic E-state index is 12.9.